The number of imide groups is 1. The van der Waals surface area contributed by atoms with Crippen LogP contribution < -0.4 is 5.32 Å². The predicted molar refractivity (Wildman–Crippen MR) is 109 cm³/mol. The number of nitrogens with zero attached hydrogens (tertiary/aromatic N) is 4. The third-order valence-corrected chi connectivity index (χ3v) is 6.46. The third-order valence-electron chi connectivity index (χ3n) is 4.67. The van der Waals surface area contributed by atoms with Crippen LogP contribution in [0.5, 0.6) is 0 Å². The van der Waals surface area contributed by atoms with Crippen LogP contribution in [0.15, 0.2) is 45.4 Å². The Labute approximate surface area is 175 Å². The van der Waals surface area contributed by atoms with Gasteiger partial charge in [0, 0.05) is 36.2 Å². The highest BCUT2D eigenvalue weighted by molar-refractivity contribution is 7.98. The molecule has 0 radical (unpaired) electrons. The van der Waals surface area contributed by atoms with Crippen molar-refractivity contribution in [2.45, 2.75) is 30.4 Å². The number of carbonyl (C=O) groups is 2. The summed E-state index contributed by atoms with van der Waals surface area (Å²) in [4.78, 5) is 29.7. The van der Waals surface area contributed by atoms with E-state index in [-0.39, 0.29) is 18.4 Å². The standard InChI is InChI=1S/C19H19N5O3S2/c1-11-14(17(25)24(2)18(26)20-11)8-15-22-23-19(27-15)29-10-13-9-28-16(21-13)12-6-4-3-5-7-12/h3-7,9,11,14H,8,10H2,1-2H3,(H,20,26). The number of amides is 3. The van der Waals surface area contributed by atoms with Crippen molar-refractivity contribution in [1.29, 1.82) is 0 Å². The van der Waals surface area contributed by atoms with Crippen molar-refractivity contribution >= 4 is 35.0 Å². The lowest BCUT2D eigenvalue weighted by atomic mass is 9.94. The predicted octanol–water partition coefficient (Wildman–Crippen LogP) is 3.21. The second-order valence-corrected chi connectivity index (χ2v) is 8.49. The van der Waals surface area contributed by atoms with E-state index in [1.807, 2.05) is 35.7 Å². The second-order valence-electron chi connectivity index (χ2n) is 6.71. The second kappa shape index (κ2) is 8.34. The quantitative estimate of drug-likeness (QED) is 0.600. The molecule has 4 rings (SSSR count). The molecule has 29 heavy (non-hydrogen) atoms. The van der Waals surface area contributed by atoms with Crippen LogP contribution in [0.4, 0.5) is 4.79 Å². The monoisotopic (exact) mass is 429 g/mol. The van der Waals surface area contributed by atoms with Gasteiger partial charge in [-0.15, -0.1) is 21.5 Å². The van der Waals surface area contributed by atoms with E-state index in [2.05, 4.69) is 20.5 Å². The average molecular weight is 430 g/mol. The molecule has 3 amide bonds. The molecule has 1 fully saturated rings. The number of rotatable bonds is 6. The molecule has 0 saturated carbocycles. The van der Waals surface area contributed by atoms with Crippen molar-refractivity contribution in [3.05, 3.63) is 47.3 Å². The van der Waals surface area contributed by atoms with Crippen LogP contribution in [-0.2, 0) is 17.0 Å². The zero-order valence-corrected chi connectivity index (χ0v) is 17.5. The minimum Gasteiger partial charge on any atom is -0.416 e. The summed E-state index contributed by atoms with van der Waals surface area (Å²) in [6.45, 7) is 1.80. The lowest BCUT2D eigenvalue weighted by molar-refractivity contribution is -0.134. The Hall–Kier alpha value is -2.72. The first-order valence-corrected chi connectivity index (χ1v) is 10.9. The largest absolute Gasteiger partial charge is 0.416 e. The molecule has 150 valence electrons. The average Bonchev–Trinajstić information content (AvgIpc) is 3.38. The molecule has 0 spiro atoms. The van der Waals surface area contributed by atoms with Gasteiger partial charge in [0.25, 0.3) is 5.22 Å². The topological polar surface area (TPSA) is 101 Å². The highest BCUT2D eigenvalue weighted by atomic mass is 32.2. The summed E-state index contributed by atoms with van der Waals surface area (Å²) < 4.78 is 5.69. The van der Waals surface area contributed by atoms with E-state index < -0.39 is 11.9 Å². The van der Waals surface area contributed by atoms with Gasteiger partial charge in [-0.25, -0.2) is 9.78 Å². The van der Waals surface area contributed by atoms with Crippen LogP contribution in [0.1, 0.15) is 18.5 Å². The maximum absolute atomic E-state index is 12.4. The molecule has 2 atom stereocenters. The van der Waals surface area contributed by atoms with E-state index in [1.54, 1.807) is 18.3 Å². The number of thiazole rings is 1. The lowest BCUT2D eigenvalue weighted by Gasteiger charge is -2.33. The van der Waals surface area contributed by atoms with E-state index in [0.29, 0.717) is 16.9 Å². The number of hydrogen-bond acceptors (Lipinski definition) is 8. The first-order chi connectivity index (χ1) is 14.0. The fourth-order valence-electron chi connectivity index (χ4n) is 3.01. The Morgan fingerprint density at radius 2 is 2.03 bits per heavy atom. The molecule has 1 aliphatic heterocycles. The number of aromatic nitrogens is 3. The van der Waals surface area contributed by atoms with Gasteiger partial charge in [0.05, 0.1) is 11.6 Å². The van der Waals surface area contributed by atoms with Gasteiger partial charge in [0.15, 0.2) is 0 Å². The molecule has 0 bridgehead atoms. The van der Waals surface area contributed by atoms with Crippen LogP contribution in [0.3, 0.4) is 0 Å². The van der Waals surface area contributed by atoms with Gasteiger partial charge in [-0.2, -0.15) is 0 Å². The molecular formula is C19H19N5O3S2. The molecule has 0 aliphatic carbocycles. The number of thioether (sulfide) groups is 1. The Kier molecular flexibility index (Phi) is 5.63. The maximum atomic E-state index is 12.4. The van der Waals surface area contributed by atoms with E-state index in [1.165, 1.54) is 18.8 Å². The molecule has 2 unspecified atom stereocenters. The minimum atomic E-state index is -0.428. The number of nitrogens with one attached hydrogen (secondary N) is 1. The van der Waals surface area contributed by atoms with Crippen molar-refractivity contribution in [2.24, 2.45) is 5.92 Å². The van der Waals surface area contributed by atoms with Gasteiger partial charge < -0.3 is 9.73 Å². The molecular weight excluding hydrogens is 410 g/mol. The molecule has 10 heteroatoms. The number of benzene rings is 1. The lowest BCUT2D eigenvalue weighted by Crippen LogP contribution is -2.58. The molecule has 1 aromatic carbocycles. The maximum Gasteiger partial charge on any atom is 0.324 e. The van der Waals surface area contributed by atoms with Gasteiger partial charge in [0.2, 0.25) is 11.8 Å². The zero-order valence-electron chi connectivity index (χ0n) is 15.9. The highest BCUT2D eigenvalue weighted by Crippen LogP contribution is 2.28. The summed E-state index contributed by atoms with van der Waals surface area (Å²) in [5.74, 6) is 0.320. The van der Waals surface area contributed by atoms with Gasteiger partial charge in [-0.1, -0.05) is 42.1 Å². The van der Waals surface area contributed by atoms with Crippen molar-refractivity contribution in [1.82, 2.24) is 25.4 Å². The number of hydrogen-bond donors (Lipinski definition) is 1. The van der Waals surface area contributed by atoms with E-state index in [4.69, 9.17) is 4.42 Å². The van der Waals surface area contributed by atoms with Crippen molar-refractivity contribution < 1.29 is 14.0 Å². The molecule has 8 nitrogen and oxygen atoms in total. The summed E-state index contributed by atoms with van der Waals surface area (Å²) in [6.07, 6.45) is 0.285. The molecule has 1 N–H and O–H groups in total. The van der Waals surface area contributed by atoms with E-state index in [9.17, 15) is 9.59 Å². The molecule has 2 aromatic heterocycles. The fourth-order valence-corrected chi connectivity index (χ4v) is 4.61. The zero-order chi connectivity index (χ0) is 20.4. The Morgan fingerprint density at radius 3 is 2.83 bits per heavy atom. The minimum absolute atomic E-state index is 0.246. The summed E-state index contributed by atoms with van der Waals surface area (Å²) in [5, 5.41) is 14.3. The SMILES string of the molecule is CC1NC(=O)N(C)C(=O)C1Cc1nnc(SCc2csc(-c3ccccc3)n2)o1. The van der Waals surface area contributed by atoms with Gasteiger partial charge in [-0.05, 0) is 6.92 Å². The van der Waals surface area contributed by atoms with E-state index >= 15 is 0 Å². The van der Waals surface area contributed by atoms with Crippen molar-refractivity contribution in [2.75, 3.05) is 7.05 Å². The molecule has 1 aliphatic rings. The van der Waals surface area contributed by atoms with Gasteiger partial charge in [0.1, 0.15) is 5.01 Å². The Morgan fingerprint density at radius 1 is 1.24 bits per heavy atom. The third kappa shape index (κ3) is 4.33. The van der Waals surface area contributed by atoms with Gasteiger partial charge in [-0.3, -0.25) is 9.69 Å². The number of carbonyl (C=O) groups excluding carboxylic acids is 2. The highest BCUT2D eigenvalue weighted by Gasteiger charge is 2.37. The summed E-state index contributed by atoms with van der Waals surface area (Å²) >= 11 is 3.01. The van der Waals surface area contributed by atoms with Gasteiger partial charge >= 0.3 is 6.03 Å². The normalized spacial score (nSPS) is 19.4. The van der Waals surface area contributed by atoms with Crippen molar-refractivity contribution in [3.8, 4) is 10.6 Å². The Bertz CT molecular complexity index is 1020. The fraction of sp³-hybridized carbons (Fsp3) is 0.316. The summed E-state index contributed by atoms with van der Waals surface area (Å²) in [6, 6.07) is 9.35. The summed E-state index contributed by atoms with van der Waals surface area (Å²) in [5.41, 5.74) is 2.04. The van der Waals surface area contributed by atoms with Crippen LogP contribution >= 0.6 is 23.1 Å². The van der Waals surface area contributed by atoms with E-state index in [0.717, 1.165) is 21.2 Å². The number of urea groups is 1. The van der Waals surface area contributed by atoms with Crippen LogP contribution in [0.2, 0.25) is 0 Å². The first-order valence-electron chi connectivity index (χ1n) is 9.04. The molecule has 1 saturated heterocycles. The Balaban J connectivity index is 1.36. The summed E-state index contributed by atoms with van der Waals surface area (Å²) in [7, 11) is 1.46. The first kappa shape index (κ1) is 19.6. The van der Waals surface area contributed by atoms with Crippen LogP contribution in [0, 0.1) is 5.92 Å². The smallest absolute Gasteiger partial charge is 0.324 e. The van der Waals surface area contributed by atoms with Crippen LogP contribution in [-0.4, -0.2) is 45.1 Å². The molecule has 3 heterocycles. The van der Waals surface area contributed by atoms with Crippen LogP contribution in [0.25, 0.3) is 10.6 Å². The van der Waals surface area contributed by atoms with Crippen molar-refractivity contribution in [3.63, 3.8) is 0 Å². The molecule has 3 aromatic rings.